The molecule has 0 spiro atoms. The van der Waals surface area contributed by atoms with Crippen LogP contribution in [0.25, 0.3) is 10.8 Å². The van der Waals surface area contributed by atoms with Gasteiger partial charge in [-0.05, 0) is 44.5 Å². The summed E-state index contributed by atoms with van der Waals surface area (Å²) in [6.07, 6.45) is 6.97. The van der Waals surface area contributed by atoms with Gasteiger partial charge in [0.2, 0.25) is 0 Å². The van der Waals surface area contributed by atoms with Crippen molar-refractivity contribution in [1.29, 1.82) is 0 Å². The van der Waals surface area contributed by atoms with Gasteiger partial charge in [0.15, 0.2) is 0 Å². The van der Waals surface area contributed by atoms with E-state index in [0.717, 1.165) is 0 Å². The van der Waals surface area contributed by atoms with E-state index in [4.69, 9.17) is 4.74 Å². The molecular weight excluding hydrogens is 535 g/mol. The number of carbonyl (C=O) groups excluding carboxylic acids is 2. The molecule has 4 rings (SSSR count). The SMILES string of the molecule is C=C/C=C\C=C.CC.CC(C)(C)OC(=O)N1CCN(C(=O)c2cc(Cc3n[nH]c(=O)c4ccccc34)ccc2F)CC1. The Bertz CT molecular complexity index is 1450. The van der Waals surface area contributed by atoms with E-state index in [9.17, 15) is 18.8 Å². The highest BCUT2D eigenvalue weighted by Crippen LogP contribution is 2.20. The Balaban J connectivity index is 0.000000686. The number of ether oxygens (including phenoxy) is 1. The summed E-state index contributed by atoms with van der Waals surface area (Å²) < 4.78 is 20.0. The predicted octanol–water partition coefficient (Wildman–Crippen LogP) is 6.29. The lowest BCUT2D eigenvalue weighted by Crippen LogP contribution is -2.51. The highest BCUT2D eigenvalue weighted by atomic mass is 19.1. The zero-order chi connectivity index (χ0) is 31.3. The smallest absolute Gasteiger partial charge is 0.410 e. The van der Waals surface area contributed by atoms with Crippen LogP contribution in [0.5, 0.6) is 0 Å². The molecule has 0 aliphatic carbocycles. The quantitative estimate of drug-likeness (QED) is 0.361. The summed E-state index contributed by atoms with van der Waals surface area (Å²) in [4.78, 5) is 40.5. The minimum Gasteiger partial charge on any atom is -0.444 e. The van der Waals surface area contributed by atoms with Crippen LogP contribution in [0.4, 0.5) is 9.18 Å². The first-order valence-electron chi connectivity index (χ1n) is 14.0. The maximum Gasteiger partial charge on any atom is 0.410 e. The van der Waals surface area contributed by atoms with Crippen LogP contribution in [0, 0.1) is 5.82 Å². The Labute approximate surface area is 247 Å². The summed E-state index contributed by atoms with van der Waals surface area (Å²) in [5, 5.41) is 7.89. The molecule has 1 aliphatic rings. The van der Waals surface area contributed by atoms with Gasteiger partial charge in [-0.1, -0.05) is 75.6 Å². The molecule has 8 nitrogen and oxygen atoms in total. The molecule has 0 bridgehead atoms. The topological polar surface area (TPSA) is 95.6 Å². The summed E-state index contributed by atoms with van der Waals surface area (Å²) in [6.45, 7) is 17.5. The van der Waals surface area contributed by atoms with Gasteiger partial charge in [0.1, 0.15) is 11.4 Å². The average Bonchev–Trinajstić information content (AvgIpc) is 2.99. The van der Waals surface area contributed by atoms with Crippen molar-refractivity contribution in [1.82, 2.24) is 20.0 Å². The van der Waals surface area contributed by atoms with Gasteiger partial charge in [-0.15, -0.1) is 0 Å². The predicted molar refractivity (Wildman–Crippen MR) is 166 cm³/mol. The Hall–Kier alpha value is -4.53. The molecule has 1 aromatic heterocycles. The summed E-state index contributed by atoms with van der Waals surface area (Å²) in [7, 11) is 0. The number of aromatic amines is 1. The molecule has 1 N–H and O–H groups in total. The summed E-state index contributed by atoms with van der Waals surface area (Å²) in [6, 6.07) is 11.5. The Morgan fingerprint density at radius 1 is 0.976 bits per heavy atom. The van der Waals surface area contributed by atoms with Gasteiger partial charge >= 0.3 is 6.09 Å². The van der Waals surface area contributed by atoms with E-state index in [1.165, 1.54) is 17.0 Å². The van der Waals surface area contributed by atoms with Gasteiger partial charge in [0.25, 0.3) is 11.5 Å². The summed E-state index contributed by atoms with van der Waals surface area (Å²) in [5.41, 5.74) is 0.421. The number of carbonyl (C=O) groups is 2. The van der Waals surface area contributed by atoms with E-state index < -0.39 is 23.4 Å². The second kappa shape index (κ2) is 16.0. The van der Waals surface area contributed by atoms with E-state index in [0.29, 0.717) is 41.5 Å². The highest BCUT2D eigenvalue weighted by molar-refractivity contribution is 5.95. The van der Waals surface area contributed by atoms with E-state index in [1.54, 1.807) is 56.0 Å². The molecule has 2 aromatic carbocycles. The van der Waals surface area contributed by atoms with E-state index >= 15 is 0 Å². The largest absolute Gasteiger partial charge is 0.444 e. The van der Waals surface area contributed by atoms with Crippen LogP contribution in [0.3, 0.4) is 0 Å². The van der Waals surface area contributed by atoms with Crippen molar-refractivity contribution in [3.05, 3.63) is 113 Å². The number of allylic oxidation sites excluding steroid dienone is 4. The molecule has 224 valence electrons. The van der Waals surface area contributed by atoms with Crippen molar-refractivity contribution in [2.75, 3.05) is 26.2 Å². The van der Waals surface area contributed by atoms with E-state index in [2.05, 4.69) is 23.4 Å². The van der Waals surface area contributed by atoms with Crippen LogP contribution in [-0.2, 0) is 11.2 Å². The number of amides is 2. The van der Waals surface area contributed by atoms with Gasteiger partial charge in [-0.2, -0.15) is 5.10 Å². The van der Waals surface area contributed by atoms with Gasteiger partial charge in [0.05, 0.1) is 16.6 Å². The lowest BCUT2D eigenvalue weighted by atomic mass is 10.0. The maximum atomic E-state index is 14.6. The van der Waals surface area contributed by atoms with E-state index in [1.807, 2.05) is 38.1 Å². The molecule has 9 heteroatoms. The number of piperazine rings is 1. The van der Waals surface area contributed by atoms with Crippen molar-refractivity contribution in [2.24, 2.45) is 0 Å². The minimum atomic E-state index is -0.609. The van der Waals surface area contributed by atoms with Crippen molar-refractivity contribution < 1.29 is 18.7 Å². The number of benzene rings is 2. The van der Waals surface area contributed by atoms with Crippen LogP contribution in [0.15, 0.2) is 84.7 Å². The highest BCUT2D eigenvalue weighted by Gasteiger charge is 2.29. The second-order valence-electron chi connectivity index (χ2n) is 10.2. The second-order valence-corrected chi connectivity index (χ2v) is 10.2. The van der Waals surface area contributed by atoms with Gasteiger partial charge < -0.3 is 14.5 Å². The zero-order valence-corrected chi connectivity index (χ0v) is 25.2. The Morgan fingerprint density at radius 2 is 1.55 bits per heavy atom. The molecule has 0 radical (unpaired) electrons. The molecule has 2 heterocycles. The van der Waals surface area contributed by atoms with Crippen LogP contribution in [0.2, 0.25) is 0 Å². The molecule has 1 aliphatic heterocycles. The van der Waals surface area contributed by atoms with Crippen molar-refractivity contribution >= 4 is 22.8 Å². The fourth-order valence-electron chi connectivity index (χ4n) is 4.09. The minimum absolute atomic E-state index is 0.0306. The lowest BCUT2D eigenvalue weighted by molar-refractivity contribution is 0.0140. The number of nitrogens with zero attached hydrogens (tertiary/aromatic N) is 3. The fourth-order valence-corrected chi connectivity index (χ4v) is 4.09. The lowest BCUT2D eigenvalue weighted by Gasteiger charge is -2.35. The van der Waals surface area contributed by atoms with Crippen LogP contribution in [-0.4, -0.2) is 63.8 Å². The number of fused-ring (bicyclic) bond motifs is 1. The normalized spacial score (nSPS) is 13.0. The standard InChI is InChI=1S/C25H27FN4O4.C6H8.C2H6/c1-25(2,3)34-24(33)30-12-10-29(11-13-30)23(32)19-14-16(8-9-20(19)26)15-21-17-6-4-5-7-18(17)22(31)28-27-21;1-3-5-6-4-2;1-2/h4-9,14H,10-13,15H2,1-3H3,(H,28,31);3-6H,1-2H2;1-2H3/b;6-5-;. The van der Waals surface area contributed by atoms with Gasteiger partial charge in [-0.3, -0.25) is 9.59 Å². The third-order valence-electron chi connectivity index (χ3n) is 6.01. The van der Waals surface area contributed by atoms with Crippen LogP contribution in [0.1, 0.15) is 56.2 Å². The fraction of sp³-hybridized carbons (Fsp3) is 0.333. The number of aromatic nitrogens is 2. The number of halogens is 1. The molecule has 0 atom stereocenters. The molecule has 3 aromatic rings. The third kappa shape index (κ3) is 9.54. The Morgan fingerprint density at radius 3 is 2.12 bits per heavy atom. The molecule has 0 unspecified atom stereocenters. The summed E-state index contributed by atoms with van der Waals surface area (Å²) >= 11 is 0. The number of hydrogen-bond donors (Lipinski definition) is 1. The molecule has 2 amide bonds. The zero-order valence-electron chi connectivity index (χ0n) is 25.2. The van der Waals surface area contributed by atoms with Crippen molar-refractivity contribution in [3.63, 3.8) is 0 Å². The molecule has 1 fully saturated rings. The Kier molecular flexibility index (Phi) is 12.9. The van der Waals surface area contributed by atoms with Gasteiger partial charge in [0, 0.05) is 38.0 Å². The number of hydrogen-bond acceptors (Lipinski definition) is 5. The first-order valence-corrected chi connectivity index (χ1v) is 14.0. The van der Waals surface area contributed by atoms with Gasteiger partial charge in [-0.25, -0.2) is 14.3 Å². The molecular formula is C33H41FN4O4. The molecule has 42 heavy (non-hydrogen) atoms. The summed E-state index contributed by atoms with van der Waals surface area (Å²) in [5.74, 6) is -1.04. The first kappa shape index (κ1) is 33.7. The molecule has 1 saturated heterocycles. The number of nitrogens with one attached hydrogen (secondary N) is 1. The van der Waals surface area contributed by atoms with E-state index in [-0.39, 0.29) is 24.2 Å². The number of rotatable bonds is 5. The first-order chi connectivity index (χ1) is 20.0. The van der Waals surface area contributed by atoms with Crippen molar-refractivity contribution in [2.45, 2.75) is 46.6 Å². The third-order valence-corrected chi connectivity index (χ3v) is 6.01. The van der Waals surface area contributed by atoms with Crippen LogP contribution >= 0.6 is 0 Å². The molecule has 0 saturated carbocycles. The maximum absolute atomic E-state index is 14.6. The number of H-pyrrole nitrogens is 1. The van der Waals surface area contributed by atoms with Crippen LogP contribution < -0.4 is 5.56 Å². The monoisotopic (exact) mass is 576 g/mol. The van der Waals surface area contributed by atoms with Crippen molar-refractivity contribution in [3.8, 4) is 0 Å². The average molecular weight is 577 g/mol.